The van der Waals surface area contributed by atoms with E-state index in [2.05, 4.69) is 5.10 Å². The van der Waals surface area contributed by atoms with Crippen LogP contribution >= 0.6 is 46.7 Å². The number of nitrogens with zero attached hydrogens (tertiary/aromatic N) is 3. The lowest BCUT2D eigenvalue weighted by Gasteiger charge is -2.39. The highest BCUT2D eigenvalue weighted by atomic mass is 35.5. The summed E-state index contributed by atoms with van der Waals surface area (Å²) in [6.07, 6.45) is 0. The molecule has 3 rings (SSSR count). The number of rotatable bonds is 3. The number of esters is 1. The predicted octanol–water partition coefficient (Wildman–Crippen LogP) is 4.14. The highest BCUT2D eigenvalue weighted by molar-refractivity contribution is 8.28. The average Bonchev–Trinajstić information content (AvgIpc) is 3.09. The van der Waals surface area contributed by atoms with E-state index in [0.29, 0.717) is 31.4 Å². The number of carbonyl (C=O) groups excluding carboxylic acids is 2. The zero-order valence-electron chi connectivity index (χ0n) is 14.4. The van der Waals surface area contributed by atoms with Crippen LogP contribution in [0.25, 0.3) is 0 Å². The number of halogens is 2. The van der Waals surface area contributed by atoms with Crippen molar-refractivity contribution in [3.05, 3.63) is 38.8 Å². The van der Waals surface area contributed by atoms with Gasteiger partial charge in [-0.25, -0.2) is 9.80 Å². The van der Waals surface area contributed by atoms with Crippen LogP contribution in [-0.2, 0) is 14.3 Å². The van der Waals surface area contributed by atoms with Gasteiger partial charge in [0.1, 0.15) is 10.6 Å². The summed E-state index contributed by atoms with van der Waals surface area (Å²) in [4.78, 5) is 26.5. The number of methoxy groups -OCH3 is 1. The van der Waals surface area contributed by atoms with E-state index in [-0.39, 0.29) is 5.78 Å². The molecule has 1 aromatic carbocycles. The van der Waals surface area contributed by atoms with Crippen molar-refractivity contribution < 1.29 is 14.3 Å². The number of hydrogen-bond acceptors (Lipinski definition) is 8. The van der Waals surface area contributed by atoms with Crippen LogP contribution in [0.3, 0.4) is 0 Å². The maximum Gasteiger partial charge on any atom is 0.346 e. The molecule has 0 amide bonds. The molecule has 10 heteroatoms. The molecule has 26 heavy (non-hydrogen) atoms. The van der Waals surface area contributed by atoms with E-state index in [1.165, 1.54) is 37.6 Å². The second-order valence-electron chi connectivity index (χ2n) is 5.56. The van der Waals surface area contributed by atoms with Crippen molar-refractivity contribution in [3.8, 4) is 0 Å². The fourth-order valence-electron chi connectivity index (χ4n) is 2.56. The lowest BCUT2D eigenvalue weighted by Crippen LogP contribution is -2.47. The van der Waals surface area contributed by atoms with Crippen molar-refractivity contribution >= 4 is 69.2 Å². The molecule has 138 valence electrons. The number of carbonyl (C=O) groups is 2. The van der Waals surface area contributed by atoms with E-state index in [1.807, 2.05) is 18.9 Å². The number of hydrazone groups is 1. The highest BCUT2D eigenvalue weighted by Crippen LogP contribution is 2.59. The van der Waals surface area contributed by atoms with Gasteiger partial charge in [-0.2, -0.15) is 5.10 Å². The number of para-hydroxylation sites is 1. The predicted molar refractivity (Wildman–Crippen MR) is 107 cm³/mol. The highest BCUT2D eigenvalue weighted by Gasteiger charge is 2.56. The van der Waals surface area contributed by atoms with Gasteiger partial charge in [0, 0.05) is 19.7 Å². The van der Waals surface area contributed by atoms with Gasteiger partial charge in [-0.15, -0.1) is 0 Å². The van der Waals surface area contributed by atoms with Gasteiger partial charge in [0.15, 0.2) is 10.8 Å². The molecule has 1 atom stereocenters. The second-order valence-corrected chi connectivity index (χ2v) is 8.98. The van der Waals surface area contributed by atoms with Crippen LogP contribution in [0, 0.1) is 0 Å². The Bertz CT molecular complexity index is 854. The van der Waals surface area contributed by atoms with Gasteiger partial charge < -0.3 is 9.64 Å². The average molecular weight is 432 g/mol. The third-order valence-electron chi connectivity index (χ3n) is 4.00. The van der Waals surface area contributed by atoms with Gasteiger partial charge in [0.2, 0.25) is 4.33 Å². The van der Waals surface area contributed by atoms with E-state index in [0.717, 1.165) is 0 Å². The first kappa shape index (κ1) is 19.4. The third-order valence-corrected chi connectivity index (χ3v) is 7.76. The van der Waals surface area contributed by atoms with E-state index in [4.69, 9.17) is 27.9 Å². The third kappa shape index (κ3) is 2.89. The number of ether oxygens (including phenoxy) is 1. The first-order chi connectivity index (χ1) is 12.2. The smallest absolute Gasteiger partial charge is 0.346 e. The number of thioether (sulfide) groups is 2. The molecule has 1 aromatic rings. The lowest BCUT2D eigenvalue weighted by molar-refractivity contribution is -0.135. The minimum absolute atomic E-state index is 0.182. The van der Waals surface area contributed by atoms with Gasteiger partial charge in [0.05, 0.1) is 17.2 Å². The number of allylic oxidation sites excluding steroid dienone is 1. The van der Waals surface area contributed by atoms with E-state index >= 15 is 0 Å². The molecular weight excluding hydrogens is 417 g/mol. The monoisotopic (exact) mass is 431 g/mol. The van der Waals surface area contributed by atoms with Crippen LogP contribution in [0.1, 0.15) is 13.8 Å². The molecule has 6 nitrogen and oxygen atoms in total. The van der Waals surface area contributed by atoms with Crippen LogP contribution < -0.4 is 5.01 Å². The first-order valence-corrected chi connectivity index (χ1v) is 9.86. The van der Waals surface area contributed by atoms with Crippen molar-refractivity contribution in [2.24, 2.45) is 5.10 Å². The molecule has 0 unspecified atom stereocenters. The number of benzene rings is 1. The van der Waals surface area contributed by atoms with Gasteiger partial charge >= 0.3 is 5.97 Å². The van der Waals surface area contributed by atoms with Crippen molar-refractivity contribution in [1.29, 1.82) is 0 Å². The van der Waals surface area contributed by atoms with Crippen LogP contribution in [-0.4, -0.2) is 40.2 Å². The van der Waals surface area contributed by atoms with Crippen molar-refractivity contribution in [3.63, 3.8) is 0 Å². The topological polar surface area (TPSA) is 62.2 Å². The molecule has 0 saturated carbocycles. The Morgan fingerprint density at radius 1 is 1.23 bits per heavy atom. The Kier molecular flexibility index (Phi) is 5.22. The molecule has 0 N–H and O–H groups in total. The zero-order chi connectivity index (χ0) is 19.2. The SMILES string of the molecule is COC(=O)C1=C(C)N(C)[C@@]2(SC(C(C)=O)=NN2c2c(Cl)cccc2Cl)S1. The normalized spacial score (nSPS) is 22.3. The van der Waals surface area contributed by atoms with Crippen molar-refractivity contribution in [1.82, 2.24) is 4.90 Å². The molecule has 0 aromatic heterocycles. The first-order valence-electron chi connectivity index (χ1n) is 7.47. The lowest BCUT2D eigenvalue weighted by atomic mass is 10.3. The Morgan fingerprint density at radius 2 is 1.85 bits per heavy atom. The summed E-state index contributed by atoms with van der Waals surface area (Å²) in [6, 6.07) is 5.13. The maximum absolute atomic E-state index is 12.2. The minimum Gasteiger partial charge on any atom is -0.465 e. The standard InChI is InChI=1S/C16H15Cl2N3O3S2/c1-8-13(15(23)24-4)25-16(20(8)3)21(19-14(26-16)9(2)22)12-10(17)6-5-7-11(12)18/h5-7H,1-4H3/t16-/m0/s1. The molecule has 2 aliphatic heterocycles. The molecular formula is C16H15Cl2N3O3S2. The fraction of sp³-hybridized carbons (Fsp3) is 0.312. The summed E-state index contributed by atoms with van der Waals surface area (Å²) in [7, 11) is 3.15. The van der Waals surface area contributed by atoms with E-state index in [9.17, 15) is 9.59 Å². The molecule has 0 bridgehead atoms. The number of hydrogen-bond donors (Lipinski definition) is 0. The van der Waals surface area contributed by atoms with Crippen LogP contribution in [0.15, 0.2) is 33.9 Å². The maximum atomic E-state index is 12.2. The summed E-state index contributed by atoms with van der Waals surface area (Å²) in [5, 5.41) is 7.16. The second kappa shape index (κ2) is 6.99. The van der Waals surface area contributed by atoms with Gasteiger partial charge in [0.25, 0.3) is 0 Å². The fourth-order valence-corrected chi connectivity index (χ4v) is 6.00. The zero-order valence-corrected chi connectivity index (χ0v) is 17.5. The Hall–Kier alpha value is -1.35. The summed E-state index contributed by atoms with van der Waals surface area (Å²) in [5.74, 6) is -0.628. The summed E-state index contributed by atoms with van der Waals surface area (Å²) in [6.45, 7) is 3.26. The molecule has 0 fully saturated rings. The van der Waals surface area contributed by atoms with E-state index < -0.39 is 10.3 Å². The van der Waals surface area contributed by atoms with Crippen LogP contribution in [0.4, 0.5) is 5.69 Å². The van der Waals surface area contributed by atoms with E-state index in [1.54, 1.807) is 23.2 Å². The quantitative estimate of drug-likeness (QED) is 0.666. The largest absolute Gasteiger partial charge is 0.465 e. The number of Topliss-reactive ketones (excluding diaryl/α,β-unsaturated/α-hetero) is 1. The van der Waals surface area contributed by atoms with Gasteiger partial charge in [-0.1, -0.05) is 41.0 Å². The Morgan fingerprint density at radius 3 is 2.38 bits per heavy atom. The molecule has 0 saturated heterocycles. The van der Waals surface area contributed by atoms with Gasteiger partial charge in [-0.05, 0) is 30.8 Å². The molecule has 2 aliphatic rings. The minimum atomic E-state index is -0.941. The Labute approximate surface area is 169 Å². The summed E-state index contributed by atoms with van der Waals surface area (Å²) < 4.78 is 3.95. The molecule has 2 heterocycles. The molecule has 0 aliphatic carbocycles. The number of anilines is 1. The number of ketones is 1. The van der Waals surface area contributed by atoms with Gasteiger partial charge in [-0.3, -0.25) is 4.79 Å². The molecule has 0 radical (unpaired) electrons. The summed E-state index contributed by atoms with van der Waals surface area (Å²) >= 11 is 15.3. The van der Waals surface area contributed by atoms with Crippen LogP contribution in [0.2, 0.25) is 10.0 Å². The Balaban J connectivity index is 2.15. The van der Waals surface area contributed by atoms with Crippen molar-refractivity contribution in [2.45, 2.75) is 18.2 Å². The molecule has 1 spiro atoms. The van der Waals surface area contributed by atoms with Crippen LogP contribution in [0.5, 0.6) is 0 Å². The summed E-state index contributed by atoms with van der Waals surface area (Å²) in [5.41, 5.74) is 1.18. The van der Waals surface area contributed by atoms with Crippen molar-refractivity contribution in [2.75, 3.05) is 19.2 Å².